The Labute approximate surface area is 183 Å². The molecule has 6 rings (SSSR count). The summed E-state index contributed by atoms with van der Waals surface area (Å²) in [5.41, 5.74) is 5.60. The molecule has 0 bridgehead atoms. The molecule has 4 aromatic carbocycles. The average Bonchev–Trinajstić information content (AvgIpc) is 2.85. The van der Waals surface area contributed by atoms with Gasteiger partial charge in [0.25, 0.3) is 0 Å². The van der Waals surface area contributed by atoms with Crippen LogP contribution in [0.25, 0.3) is 0 Å². The fraction of sp³-hybridized carbons (Fsp3) is 0.138. The zero-order chi connectivity index (χ0) is 20.9. The van der Waals surface area contributed by atoms with Crippen molar-refractivity contribution in [3.63, 3.8) is 0 Å². The third kappa shape index (κ3) is 2.30. The Morgan fingerprint density at radius 2 is 1.10 bits per heavy atom. The number of hydrogen-bond acceptors (Lipinski definition) is 2. The first-order chi connectivity index (χ1) is 15.3. The summed E-state index contributed by atoms with van der Waals surface area (Å²) in [6, 6.07) is 41.3. The molecule has 1 saturated heterocycles. The van der Waals surface area contributed by atoms with Crippen LogP contribution in [0.1, 0.15) is 29.2 Å². The van der Waals surface area contributed by atoms with Gasteiger partial charge in [0.15, 0.2) is 0 Å². The third-order valence-corrected chi connectivity index (χ3v) is 7.11. The van der Waals surface area contributed by atoms with Crippen molar-refractivity contribution in [3.05, 3.63) is 138 Å². The second-order valence-electron chi connectivity index (χ2n) is 8.58. The number of benzene rings is 4. The van der Waals surface area contributed by atoms with Crippen molar-refractivity contribution >= 4 is 11.5 Å². The molecule has 0 amide bonds. The maximum absolute atomic E-state index is 5.23. The van der Waals surface area contributed by atoms with E-state index in [2.05, 4.69) is 127 Å². The van der Waals surface area contributed by atoms with Gasteiger partial charge in [0.05, 0.1) is 11.1 Å². The minimum atomic E-state index is -0.344. The molecule has 1 atom stereocenters. The summed E-state index contributed by atoms with van der Waals surface area (Å²) in [6.45, 7) is 3.22. The molecule has 2 heteroatoms. The number of rotatable bonds is 3. The Bertz CT molecular complexity index is 1220. The Kier molecular flexibility index (Phi) is 3.91. The molecule has 0 saturated carbocycles. The van der Waals surface area contributed by atoms with E-state index in [1.807, 2.05) is 0 Å². The molecule has 1 unspecified atom stereocenters. The lowest BCUT2D eigenvalue weighted by atomic mass is 9.52. The normalized spacial score (nSPS) is 20.8. The van der Waals surface area contributed by atoms with Gasteiger partial charge in [-0.3, -0.25) is 0 Å². The first kappa shape index (κ1) is 18.1. The van der Waals surface area contributed by atoms with Crippen molar-refractivity contribution in [2.75, 3.05) is 0 Å². The molecule has 2 heterocycles. The average molecular weight is 401 g/mol. The zero-order valence-corrected chi connectivity index (χ0v) is 17.6. The summed E-state index contributed by atoms with van der Waals surface area (Å²) >= 11 is 0. The molecule has 2 aliphatic rings. The van der Waals surface area contributed by atoms with Gasteiger partial charge >= 0.3 is 0 Å². The highest BCUT2D eigenvalue weighted by molar-refractivity contribution is 6.05. The van der Waals surface area contributed by atoms with Crippen LogP contribution in [0.2, 0.25) is 0 Å². The number of nitrogens with zero attached hydrogens (tertiary/aromatic N) is 2. The summed E-state index contributed by atoms with van der Waals surface area (Å²) in [7, 11) is 0. The minimum Gasteiger partial charge on any atom is -0.340 e. The smallest absolute Gasteiger partial charge is 0.120 e. The van der Waals surface area contributed by atoms with Gasteiger partial charge in [-0.15, -0.1) is 0 Å². The van der Waals surface area contributed by atoms with E-state index < -0.39 is 0 Å². The Balaban J connectivity index is 1.70. The molecular formula is C29H24N2. The molecule has 0 aromatic heterocycles. The van der Waals surface area contributed by atoms with Crippen LogP contribution in [0.4, 0.5) is 5.69 Å². The molecule has 2 aliphatic heterocycles. The van der Waals surface area contributed by atoms with Crippen LogP contribution in [0.15, 0.2) is 120 Å². The van der Waals surface area contributed by atoms with Crippen LogP contribution >= 0.6 is 0 Å². The van der Waals surface area contributed by atoms with Crippen LogP contribution in [-0.2, 0) is 17.5 Å². The monoisotopic (exact) mass is 400 g/mol. The van der Waals surface area contributed by atoms with Crippen molar-refractivity contribution in [2.45, 2.75) is 24.4 Å². The fourth-order valence-corrected chi connectivity index (χ4v) is 5.74. The van der Waals surface area contributed by atoms with E-state index >= 15 is 0 Å². The maximum Gasteiger partial charge on any atom is 0.120 e. The quantitative estimate of drug-likeness (QED) is 0.386. The highest BCUT2D eigenvalue weighted by Gasteiger charge is 2.69. The number of fused-ring (bicyclic) bond motifs is 2. The van der Waals surface area contributed by atoms with Crippen LogP contribution in [0.5, 0.6) is 0 Å². The van der Waals surface area contributed by atoms with Crippen LogP contribution in [-0.4, -0.2) is 10.7 Å². The Morgan fingerprint density at radius 3 is 1.68 bits per heavy atom. The summed E-state index contributed by atoms with van der Waals surface area (Å²) in [5, 5.41) is 0. The first-order valence-corrected chi connectivity index (χ1v) is 10.9. The molecule has 0 N–H and O–H groups in total. The number of aliphatic imine (C=N–C) groups is 1. The number of para-hydroxylation sites is 1. The van der Waals surface area contributed by atoms with E-state index in [-0.39, 0.29) is 11.0 Å². The summed E-state index contributed by atoms with van der Waals surface area (Å²) in [4.78, 5) is 7.75. The number of hydrogen-bond donors (Lipinski definition) is 0. The minimum absolute atomic E-state index is 0.301. The largest absolute Gasteiger partial charge is 0.340 e. The Hall–Kier alpha value is -3.65. The van der Waals surface area contributed by atoms with Crippen molar-refractivity contribution in [1.82, 2.24) is 4.90 Å². The Morgan fingerprint density at radius 1 is 0.613 bits per heavy atom. The molecule has 150 valence electrons. The predicted molar refractivity (Wildman–Crippen MR) is 127 cm³/mol. The standard InChI is InChI=1S/C29H24N2/c1-28(23-14-5-2-6-15-23)27-30-26-20-12-11-13-22(26)21-31(27)29(28,24-16-7-3-8-17-24)25-18-9-4-10-19-25/h2-20H,21H2,1H3. The van der Waals surface area contributed by atoms with Gasteiger partial charge in [0.2, 0.25) is 0 Å². The summed E-state index contributed by atoms with van der Waals surface area (Å²) < 4.78 is 0. The molecule has 0 aliphatic carbocycles. The van der Waals surface area contributed by atoms with Gasteiger partial charge in [-0.25, -0.2) is 4.99 Å². The second kappa shape index (κ2) is 6.68. The van der Waals surface area contributed by atoms with E-state index in [1.165, 1.54) is 22.3 Å². The van der Waals surface area contributed by atoms with E-state index in [0.29, 0.717) is 0 Å². The summed E-state index contributed by atoms with van der Waals surface area (Å²) in [6.07, 6.45) is 0. The SMILES string of the molecule is CC1(c2ccccc2)C2=Nc3ccccc3CN2C1(c1ccccc1)c1ccccc1. The highest BCUT2D eigenvalue weighted by atomic mass is 15.4. The lowest BCUT2D eigenvalue weighted by Gasteiger charge is -2.68. The van der Waals surface area contributed by atoms with Gasteiger partial charge in [0, 0.05) is 6.54 Å². The second-order valence-corrected chi connectivity index (χ2v) is 8.58. The van der Waals surface area contributed by atoms with E-state index in [0.717, 1.165) is 18.1 Å². The lowest BCUT2D eigenvalue weighted by molar-refractivity contribution is 0.0578. The first-order valence-electron chi connectivity index (χ1n) is 10.9. The molecule has 0 spiro atoms. The van der Waals surface area contributed by atoms with Gasteiger partial charge in [-0.1, -0.05) is 109 Å². The molecule has 0 radical (unpaired) electrons. The van der Waals surface area contributed by atoms with Crippen LogP contribution in [0.3, 0.4) is 0 Å². The number of amidine groups is 1. The van der Waals surface area contributed by atoms with Crippen LogP contribution < -0.4 is 0 Å². The molecular weight excluding hydrogens is 376 g/mol. The molecule has 2 nitrogen and oxygen atoms in total. The molecule has 4 aromatic rings. The molecule has 1 fully saturated rings. The highest BCUT2D eigenvalue weighted by Crippen LogP contribution is 2.62. The van der Waals surface area contributed by atoms with Crippen molar-refractivity contribution in [3.8, 4) is 0 Å². The van der Waals surface area contributed by atoms with E-state index in [4.69, 9.17) is 4.99 Å². The topological polar surface area (TPSA) is 15.6 Å². The van der Waals surface area contributed by atoms with Gasteiger partial charge in [0.1, 0.15) is 11.4 Å². The molecule has 31 heavy (non-hydrogen) atoms. The van der Waals surface area contributed by atoms with Crippen molar-refractivity contribution in [1.29, 1.82) is 0 Å². The predicted octanol–water partition coefficient (Wildman–Crippen LogP) is 6.45. The third-order valence-electron chi connectivity index (χ3n) is 7.11. The van der Waals surface area contributed by atoms with Gasteiger partial charge < -0.3 is 4.90 Å². The van der Waals surface area contributed by atoms with Crippen LogP contribution in [0, 0.1) is 0 Å². The zero-order valence-electron chi connectivity index (χ0n) is 17.6. The lowest BCUT2D eigenvalue weighted by Crippen LogP contribution is -2.77. The van der Waals surface area contributed by atoms with Gasteiger partial charge in [-0.05, 0) is 35.2 Å². The fourth-order valence-electron chi connectivity index (χ4n) is 5.74. The maximum atomic E-state index is 5.23. The van der Waals surface area contributed by atoms with Crippen molar-refractivity contribution < 1.29 is 0 Å². The summed E-state index contributed by atoms with van der Waals surface area (Å²) in [5.74, 6) is 1.14. The van der Waals surface area contributed by atoms with Gasteiger partial charge in [-0.2, -0.15) is 0 Å². The van der Waals surface area contributed by atoms with E-state index in [1.54, 1.807) is 0 Å². The van der Waals surface area contributed by atoms with E-state index in [9.17, 15) is 0 Å². The van der Waals surface area contributed by atoms with Crippen molar-refractivity contribution in [2.24, 2.45) is 4.99 Å².